The van der Waals surface area contributed by atoms with Crippen molar-refractivity contribution in [3.63, 3.8) is 0 Å². The topological polar surface area (TPSA) is 83.9 Å². The summed E-state index contributed by atoms with van der Waals surface area (Å²) in [6.07, 6.45) is 4.78. The highest BCUT2D eigenvalue weighted by molar-refractivity contribution is 6.31. The van der Waals surface area contributed by atoms with Crippen LogP contribution in [0, 0.1) is 0 Å². The summed E-state index contributed by atoms with van der Waals surface area (Å²) < 4.78 is 26.1. The highest BCUT2D eigenvalue weighted by Crippen LogP contribution is 2.41. The third kappa shape index (κ3) is 4.67. The molecule has 11 heteroatoms. The summed E-state index contributed by atoms with van der Waals surface area (Å²) >= 11 is 6.26. The van der Waals surface area contributed by atoms with E-state index >= 15 is 0 Å². The molecule has 0 N–H and O–H groups in total. The summed E-state index contributed by atoms with van der Waals surface area (Å²) in [6, 6.07) is 2.07. The first-order valence-corrected chi connectivity index (χ1v) is 13.6. The lowest BCUT2D eigenvalue weighted by Gasteiger charge is -2.41. The molecule has 9 nitrogen and oxygen atoms in total. The summed E-state index contributed by atoms with van der Waals surface area (Å²) in [5.74, 6) is 0.674. The number of carbonyl (C=O) groups excluding carboxylic acids is 1. The molecule has 4 atom stereocenters. The number of anilines is 1. The minimum Gasteiger partial charge on any atom is -0.461 e. The van der Waals surface area contributed by atoms with E-state index in [1.165, 1.54) is 0 Å². The molecular formula is C26H34ClFN6O3. The van der Waals surface area contributed by atoms with E-state index in [4.69, 9.17) is 26.1 Å². The molecule has 2 bridgehead atoms. The number of rotatable bonds is 4. The average Bonchev–Trinajstić information content (AvgIpc) is 3.43. The van der Waals surface area contributed by atoms with Crippen molar-refractivity contribution >= 4 is 34.5 Å². The molecule has 0 spiro atoms. The maximum atomic E-state index is 14.2. The summed E-state index contributed by atoms with van der Waals surface area (Å²) in [7, 11) is 0. The molecule has 37 heavy (non-hydrogen) atoms. The largest absolute Gasteiger partial charge is 0.461 e. The molecule has 0 unspecified atom stereocenters. The number of fused-ring (bicyclic) bond motifs is 4. The van der Waals surface area contributed by atoms with Crippen LogP contribution in [0.25, 0.3) is 11.0 Å². The summed E-state index contributed by atoms with van der Waals surface area (Å²) in [5.41, 5.74) is 0.418. The fourth-order valence-electron chi connectivity index (χ4n) is 6.58. The van der Waals surface area contributed by atoms with Crippen LogP contribution in [0.2, 0.25) is 5.02 Å². The number of nitrogens with zero attached hydrogens (tertiary/aromatic N) is 6. The fraction of sp³-hybridized carbons (Fsp3) is 0.692. The Kier molecular flexibility index (Phi) is 6.10. The molecule has 6 rings (SSSR count). The maximum absolute atomic E-state index is 14.2. The van der Waals surface area contributed by atoms with Gasteiger partial charge >= 0.3 is 12.1 Å². The summed E-state index contributed by atoms with van der Waals surface area (Å²) in [5, 5.41) is 0.481. The molecule has 6 heterocycles. The van der Waals surface area contributed by atoms with E-state index in [0.717, 1.165) is 32.2 Å². The Morgan fingerprint density at radius 3 is 2.70 bits per heavy atom. The van der Waals surface area contributed by atoms with Crippen LogP contribution in [-0.4, -0.2) is 93.0 Å². The first kappa shape index (κ1) is 24.9. The first-order chi connectivity index (χ1) is 17.6. The van der Waals surface area contributed by atoms with Gasteiger partial charge in [0.05, 0.1) is 28.2 Å². The van der Waals surface area contributed by atoms with Gasteiger partial charge in [-0.15, -0.1) is 0 Å². The van der Waals surface area contributed by atoms with E-state index < -0.39 is 11.8 Å². The van der Waals surface area contributed by atoms with E-state index in [-0.39, 0.29) is 29.7 Å². The van der Waals surface area contributed by atoms with Gasteiger partial charge in [-0.05, 0) is 59.1 Å². The van der Waals surface area contributed by atoms with Crippen LogP contribution < -0.4 is 9.64 Å². The minimum absolute atomic E-state index is 0.0289. The monoisotopic (exact) mass is 532 g/mol. The zero-order chi connectivity index (χ0) is 25.9. The quantitative estimate of drug-likeness (QED) is 0.578. The second-order valence-corrected chi connectivity index (χ2v) is 12.3. The van der Waals surface area contributed by atoms with Gasteiger partial charge in [-0.1, -0.05) is 11.6 Å². The second kappa shape index (κ2) is 9.08. The zero-order valence-corrected chi connectivity index (χ0v) is 22.4. The number of hydrogen-bond acceptors (Lipinski definition) is 8. The Labute approximate surface area is 221 Å². The number of aromatic nitrogens is 3. The number of halogens is 2. The lowest BCUT2D eigenvalue weighted by Crippen LogP contribution is -2.57. The standard InChI is InChI=1S/C26H34ClFN6O3/c1-25(2,3)37-24(35)34-18-5-6-19(34)14-32(13-18)22-21-20(9-16(27)11-29-21)30-23(31-22)36-15-26-7-4-8-33(26)12-17(28)10-26/h9,11,17-19H,4-8,10,12-15H2,1-3H3/t17-,18-,19+,26+/m1/s1. The Balaban J connectivity index is 1.27. The van der Waals surface area contributed by atoms with Crippen molar-refractivity contribution in [2.75, 3.05) is 37.7 Å². The predicted octanol–water partition coefficient (Wildman–Crippen LogP) is 4.22. The Morgan fingerprint density at radius 2 is 1.97 bits per heavy atom. The molecule has 0 saturated carbocycles. The Morgan fingerprint density at radius 1 is 1.22 bits per heavy atom. The van der Waals surface area contributed by atoms with E-state index in [1.807, 2.05) is 25.7 Å². The van der Waals surface area contributed by atoms with Crippen LogP contribution in [0.15, 0.2) is 12.3 Å². The van der Waals surface area contributed by atoms with E-state index in [9.17, 15) is 9.18 Å². The molecule has 1 amide bonds. The highest BCUT2D eigenvalue weighted by atomic mass is 35.5. The molecule has 0 aliphatic carbocycles. The lowest BCUT2D eigenvalue weighted by molar-refractivity contribution is 0.0122. The van der Waals surface area contributed by atoms with Crippen molar-refractivity contribution in [1.29, 1.82) is 0 Å². The van der Waals surface area contributed by atoms with Gasteiger partial charge in [0.2, 0.25) is 0 Å². The highest BCUT2D eigenvalue weighted by Gasteiger charge is 2.49. The van der Waals surface area contributed by atoms with Gasteiger partial charge in [0.25, 0.3) is 0 Å². The van der Waals surface area contributed by atoms with Crippen LogP contribution >= 0.6 is 11.6 Å². The van der Waals surface area contributed by atoms with Gasteiger partial charge in [0.15, 0.2) is 5.82 Å². The predicted molar refractivity (Wildman–Crippen MR) is 138 cm³/mol. The smallest absolute Gasteiger partial charge is 0.410 e. The Hall–Kier alpha value is -2.46. The van der Waals surface area contributed by atoms with Gasteiger partial charge in [-0.2, -0.15) is 9.97 Å². The maximum Gasteiger partial charge on any atom is 0.410 e. The molecule has 4 aliphatic heterocycles. The molecule has 2 aromatic rings. The Bertz CT molecular complexity index is 1200. The molecule has 200 valence electrons. The first-order valence-electron chi connectivity index (χ1n) is 13.2. The fourth-order valence-corrected chi connectivity index (χ4v) is 6.73. The number of alkyl halides is 1. The number of pyridine rings is 1. The van der Waals surface area contributed by atoms with Crippen molar-refractivity contribution in [3.8, 4) is 6.01 Å². The summed E-state index contributed by atoms with van der Waals surface area (Å²) in [6.45, 7) is 8.62. The average molecular weight is 533 g/mol. The van der Waals surface area contributed by atoms with Crippen LogP contribution in [-0.2, 0) is 4.74 Å². The number of hydrogen-bond donors (Lipinski definition) is 0. The van der Waals surface area contributed by atoms with Crippen molar-refractivity contribution in [1.82, 2.24) is 24.8 Å². The molecule has 2 aromatic heterocycles. The van der Waals surface area contributed by atoms with E-state index in [0.29, 0.717) is 54.5 Å². The number of piperazine rings is 1. The normalized spacial score (nSPS) is 29.7. The van der Waals surface area contributed by atoms with Crippen LogP contribution in [0.4, 0.5) is 15.0 Å². The van der Waals surface area contributed by atoms with Crippen molar-refractivity contribution in [2.45, 2.75) is 82.3 Å². The molecular weight excluding hydrogens is 499 g/mol. The van der Waals surface area contributed by atoms with Gasteiger partial charge in [0.1, 0.15) is 23.9 Å². The molecule has 4 fully saturated rings. The number of carbonyl (C=O) groups is 1. The third-order valence-corrected chi connectivity index (χ3v) is 8.29. The molecule has 0 radical (unpaired) electrons. The molecule has 4 saturated heterocycles. The van der Waals surface area contributed by atoms with Gasteiger partial charge < -0.3 is 14.4 Å². The zero-order valence-electron chi connectivity index (χ0n) is 21.6. The van der Waals surface area contributed by atoms with Gasteiger partial charge in [0, 0.05) is 32.3 Å². The van der Waals surface area contributed by atoms with E-state index in [2.05, 4.69) is 19.8 Å². The molecule has 0 aromatic carbocycles. The summed E-state index contributed by atoms with van der Waals surface area (Å²) in [4.78, 5) is 33.2. The third-order valence-electron chi connectivity index (χ3n) is 8.08. The van der Waals surface area contributed by atoms with Crippen LogP contribution in [0.3, 0.4) is 0 Å². The van der Waals surface area contributed by atoms with Crippen LogP contribution in [0.1, 0.15) is 52.9 Å². The number of ether oxygens (including phenoxy) is 2. The SMILES string of the molecule is CC(C)(C)OC(=O)N1[C@@H]2CC[C@H]1CN(c1nc(OC[C@@]34CCCN3C[C@H](F)C4)nc3cc(Cl)cnc13)C2. The van der Waals surface area contributed by atoms with Crippen molar-refractivity contribution in [2.24, 2.45) is 0 Å². The molecule has 4 aliphatic rings. The van der Waals surface area contributed by atoms with Gasteiger partial charge in [-0.25, -0.2) is 14.2 Å². The lowest BCUT2D eigenvalue weighted by atomic mass is 9.95. The number of amides is 1. The minimum atomic E-state index is -0.822. The van der Waals surface area contributed by atoms with Crippen LogP contribution in [0.5, 0.6) is 6.01 Å². The van der Waals surface area contributed by atoms with Crippen molar-refractivity contribution in [3.05, 3.63) is 17.3 Å². The van der Waals surface area contributed by atoms with E-state index in [1.54, 1.807) is 12.3 Å². The second-order valence-electron chi connectivity index (χ2n) is 11.9. The van der Waals surface area contributed by atoms with Gasteiger partial charge in [-0.3, -0.25) is 9.80 Å². The van der Waals surface area contributed by atoms with Crippen molar-refractivity contribution < 1.29 is 18.7 Å².